The summed E-state index contributed by atoms with van der Waals surface area (Å²) in [5.74, 6) is 0.0640. The molecule has 3 rings (SSSR count). The molecule has 0 heterocycles. The van der Waals surface area contributed by atoms with E-state index in [0.717, 1.165) is 34.1 Å². The van der Waals surface area contributed by atoms with E-state index < -0.39 is 12.1 Å². The number of carbonyl (C=O) groups is 2. The molecule has 1 aliphatic carbocycles. The number of hydrogen-bond donors (Lipinski definition) is 1. The first-order valence-corrected chi connectivity index (χ1v) is 9.86. The van der Waals surface area contributed by atoms with Crippen molar-refractivity contribution >= 4 is 35.2 Å². The Bertz CT molecular complexity index is 773. The highest BCUT2D eigenvalue weighted by Gasteiger charge is 2.27. The van der Waals surface area contributed by atoms with E-state index in [0.29, 0.717) is 5.56 Å². The Kier molecular flexibility index (Phi) is 6.22. The van der Waals surface area contributed by atoms with Crippen LogP contribution in [0.4, 0.5) is 0 Å². The highest BCUT2D eigenvalue weighted by Crippen LogP contribution is 2.24. The van der Waals surface area contributed by atoms with E-state index in [1.165, 1.54) is 0 Å². The van der Waals surface area contributed by atoms with Gasteiger partial charge in [-0.3, -0.25) is 4.79 Å². The molecule has 1 aliphatic rings. The van der Waals surface area contributed by atoms with Crippen molar-refractivity contribution < 1.29 is 14.3 Å². The molecule has 1 N–H and O–H groups in total. The molecule has 0 aliphatic heterocycles. The minimum Gasteiger partial charge on any atom is -0.449 e. The van der Waals surface area contributed by atoms with Gasteiger partial charge in [0.2, 0.25) is 0 Å². The smallest absolute Gasteiger partial charge is 0.338 e. The van der Waals surface area contributed by atoms with Crippen LogP contribution in [0.5, 0.6) is 0 Å². The number of carbonyl (C=O) groups excluding carboxylic acids is 2. The second-order valence-corrected chi connectivity index (χ2v) is 7.76. The van der Waals surface area contributed by atoms with Gasteiger partial charge < -0.3 is 10.1 Å². The second kappa shape index (κ2) is 8.60. The fourth-order valence-electron chi connectivity index (χ4n) is 2.26. The van der Waals surface area contributed by atoms with Crippen LogP contribution >= 0.6 is 23.4 Å². The molecule has 0 spiro atoms. The Morgan fingerprint density at radius 3 is 2.42 bits per heavy atom. The molecule has 1 saturated carbocycles. The van der Waals surface area contributed by atoms with E-state index in [1.54, 1.807) is 30.8 Å². The van der Waals surface area contributed by atoms with Crippen molar-refractivity contribution in [3.8, 4) is 0 Å². The normalized spacial score (nSPS) is 14.5. The van der Waals surface area contributed by atoms with Gasteiger partial charge in [0.15, 0.2) is 6.10 Å². The van der Waals surface area contributed by atoms with Crippen LogP contribution in [0.25, 0.3) is 0 Å². The molecule has 0 aromatic heterocycles. The highest BCUT2D eigenvalue weighted by atomic mass is 35.5. The van der Waals surface area contributed by atoms with Gasteiger partial charge in [0.25, 0.3) is 5.91 Å². The summed E-state index contributed by atoms with van der Waals surface area (Å²) in [6.45, 7) is 1.59. The number of esters is 1. The van der Waals surface area contributed by atoms with E-state index >= 15 is 0 Å². The maximum atomic E-state index is 12.2. The van der Waals surface area contributed by atoms with E-state index in [4.69, 9.17) is 16.3 Å². The fourth-order valence-corrected chi connectivity index (χ4v) is 3.24. The molecule has 1 fully saturated rings. The minimum atomic E-state index is -0.789. The van der Waals surface area contributed by atoms with Crippen molar-refractivity contribution in [3.63, 3.8) is 0 Å². The summed E-state index contributed by atoms with van der Waals surface area (Å²) in [7, 11) is 0. The van der Waals surface area contributed by atoms with Crippen LogP contribution in [0.15, 0.2) is 53.4 Å². The molecule has 6 heteroatoms. The molecule has 26 heavy (non-hydrogen) atoms. The zero-order chi connectivity index (χ0) is 18.5. The minimum absolute atomic E-state index is 0.239. The van der Waals surface area contributed by atoms with Crippen molar-refractivity contribution in [3.05, 3.63) is 64.7 Å². The van der Waals surface area contributed by atoms with Crippen LogP contribution in [0.2, 0.25) is 5.02 Å². The van der Waals surface area contributed by atoms with Gasteiger partial charge >= 0.3 is 5.97 Å². The van der Waals surface area contributed by atoms with Crippen molar-refractivity contribution in [1.29, 1.82) is 0 Å². The highest BCUT2D eigenvalue weighted by molar-refractivity contribution is 7.98. The van der Waals surface area contributed by atoms with Gasteiger partial charge in [0.1, 0.15) is 0 Å². The predicted octanol–water partition coefficient (Wildman–Crippen LogP) is 4.46. The number of rotatable bonds is 7. The number of thioether (sulfide) groups is 1. The summed E-state index contributed by atoms with van der Waals surface area (Å²) in [5, 5.41) is 3.55. The SMILES string of the molecule is C[C@H](OC(=O)c1ccc(CSc2ccc(Cl)cc2)cc1)C(=O)NC1CC1. The van der Waals surface area contributed by atoms with E-state index in [9.17, 15) is 9.59 Å². The van der Waals surface area contributed by atoms with Gasteiger partial charge in [0.05, 0.1) is 5.56 Å². The molecular weight excluding hydrogens is 370 g/mol. The van der Waals surface area contributed by atoms with E-state index in [-0.39, 0.29) is 11.9 Å². The number of amides is 1. The maximum absolute atomic E-state index is 12.2. The lowest BCUT2D eigenvalue weighted by atomic mass is 10.1. The molecule has 0 bridgehead atoms. The van der Waals surface area contributed by atoms with Crippen LogP contribution in [-0.4, -0.2) is 24.0 Å². The maximum Gasteiger partial charge on any atom is 0.338 e. The number of hydrogen-bond acceptors (Lipinski definition) is 4. The summed E-state index contributed by atoms with van der Waals surface area (Å²) >= 11 is 7.58. The molecule has 0 radical (unpaired) electrons. The lowest BCUT2D eigenvalue weighted by Gasteiger charge is -2.13. The molecule has 4 nitrogen and oxygen atoms in total. The lowest BCUT2D eigenvalue weighted by Crippen LogP contribution is -2.37. The van der Waals surface area contributed by atoms with Gasteiger partial charge in [-0.15, -0.1) is 11.8 Å². The summed E-state index contributed by atoms with van der Waals surface area (Å²) in [4.78, 5) is 25.2. The van der Waals surface area contributed by atoms with Crippen LogP contribution in [-0.2, 0) is 15.3 Å². The molecule has 0 saturated heterocycles. The molecule has 1 amide bonds. The van der Waals surface area contributed by atoms with Crippen molar-refractivity contribution in [1.82, 2.24) is 5.32 Å². The summed E-state index contributed by atoms with van der Waals surface area (Å²) in [6, 6.07) is 15.2. The van der Waals surface area contributed by atoms with Crippen molar-refractivity contribution in [2.24, 2.45) is 0 Å². The van der Waals surface area contributed by atoms with Gasteiger partial charge in [0, 0.05) is 21.7 Å². The summed E-state index contributed by atoms with van der Waals surface area (Å²) < 4.78 is 5.24. The first-order chi connectivity index (χ1) is 12.5. The summed E-state index contributed by atoms with van der Waals surface area (Å²) in [6.07, 6.45) is 1.22. The third-order valence-corrected chi connectivity index (χ3v) is 5.32. The first-order valence-electron chi connectivity index (χ1n) is 8.50. The van der Waals surface area contributed by atoms with Crippen molar-refractivity contribution in [2.75, 3.05) is 0 Å². The van der Waals surface area contributed by atoms with Gasteiger partial charge in [-0.1, -0.05) is 23.7 Å². The zero-order valence-electron chi connectivity index (χ0n) is 14.4. The fraction of sp³-hybridized carbons (Fsp3) is 0.300. The first kappa shape index (κ1) is 18.8. The quantitative estimate of drug-likeness (QED) is 0.561. The van der Waals surface area contributed by atoms with Crippen LogP contribution < -0.4 is 5.32 Å². The van der Waals surface area contributed by atoms with Crippen LogP contribution in [0.3, 0.4) is 0 Å². The molecular formula is C20H20ClNO3S. The monoisotopic (exact) mass is 389 g/mol. The third-order valence-electron chi connectivity index (χ3n) is 3.99. The van der Waals surface area contributed by atoms with Crippen LogP contribution in [0.1, 0.15) is 35.7 Å². The molecule has 2 aromatic rings. The predicted molar refractivity (Wildman–Crippen MR) is 103 cm³/mol. The van der Waals surface area contributed by atoms with E-state index in [1.807, 2.05) is 36.4 Å². The third kappa shape index (κ3) is 5.51. The Labute approximate surface area is 162 Å². The van der Waals surface area contributed by atoms with Crippen LogP contribution in [0, 0.1) is 0 Å². The Balaban J connectivity index is 1.50. The Hall–Kier alpha value is -1.98. The number of ether oxygens (including phenoxy) is 1. The molecule has 136 valence electrons. The molecule has 1 atom stereocenters. The van der Waals surface area contributed by atoms with Gasteiger partial charge in [-0.25, -0.2) is 4.79 Å². The largest absolute Gasteiger partial charge is 0.449 e. The van der Waals surface area contributed by atoms with Gasteiger partial charge in [-0.05, 0) is 61.7 Å². The number of halogens is 1. The van der Waals surface area contributed by atoms with Crippen molar-refractivity contribution in [2.45, 2.75) is 42.6 Å². The standard InChI is InChI=1S/C20H20ClNO3S/c1-13(19(23)22-17-8-9-17)25-20(24)15-4-2-14(3-5-15)12-26-18-10-6-16(21)7-11-18/h2-7,10-11,13,17H,8-9,12H2,1H3,(H,22,23)/t13-/m0/s1. The number of benzene rings is 2. The van der Waals surface area contributed by atoms with Gasteiger partial charge in [-0.2, -0.15) is 0 Å². The van der Waals surface area contributed by atoms with E-state index in [2.05, 4.69) is 5.32 Å². The average Bonchev–Trinajstić information content (AvgIpc) is 3.45. The lowest BCUT2D eigenvalue weighted by molar-refractivity contribution is -0.129. The summed E-state index contributed by atoms with van der Waals surface area (Å²) in [5.41, 5.74) is 1.54. The second-order valence-electron chi connectivity index (χ2n) is 6.27. The molecule has 0 unspecified atom stereocenters. The number of nitrogens with one attached hydrogen (secondary N) is 1. The Morgan fingerprint density at radius 2 is 1.81 bits per heavy atom. The topological polar surface area (TPSA) is 55.4 Å². The average molecular weight is 390 g/mol. The Morgan fingerprint density at radius 1 is 1.15 bits per heavy atom. The zero-order valence-corrected chi connectivity index (χ0v) is 16.0. The molecule has 2 aromatic carbocycles.